The Morgan fingerprint density at radius 3 is 1.82 bits per heavy atom. The minimum atomic E-state index is 0.879. The molecule has 0 saturated heterocycles. The van der Waals surface area contributed by atoms with Crippen LogP contribution in [0.1, 0.15) is 0 Å². The van der Waals surface area contributed by atoms with Crippen LogP contribution in [0.3, 0.4) is 0 Å². The van der Waals surface area contributed by atoms with Gasteiger partial charge in [0.25, 0.3) is 0 Å². The third kappa shape index (κ3) is 4.55. The van der Waals surface area contributed by atoms with Crippen LogP contribution in [0.5, 0.6) is 0 Å². The first-order chi connectivity index (χ1) is 24.3. The average Bonchev–Trinajstić information content (AvgIpc) is 3.75. The third-order valence-corrected chi connectivity index (χ3v) is 10.8. The van der Waals surface area contributed by atoms with E-state index in [0.717, 1.165) is 39.0 Å². The van der Waals surface area contributed by atoms with Crippen molar-refractivity contribution in [3.63, 3.8) is 0 Å². The van der Waals surface area contributed by atoms with Gasteiger partial charge in [0.15, 0.2) is 0 Å². The minimum absolute atomic E-state index is 0.879. The number of anilines is 3. The zero-order valence-electron chi connectivity index (χ0n) is 26.5. The zero-order chi connectivity index (χ0) is 32.3. The molecule has 49 heavy (non-hydrogen) atoms. The lowest BCUT2D eigenvalue weighted by atomic mass is 9.95. The van der Waals surface area contributed by atoms with Crippen molar-refractivity contribution in [3.8, 4) is 22.3 Å². The molecule has 3 heteroatoms. The smallest absolute Gasteiger partial charge is 0.137 e. The first-order valence-electron chi connectivity index (χ1n) is 16.6. The summed E-state index contributed by atoms with van der Waals surface area (Å²) in [7, 11) is 0. The molecule has 0 spiro atoms. The Balaban J connectivity index is 1.13. The molecule has 2 nitrogen and oxygen atoms in total. The Labute approximate surface area is 287 Å². The van der Waals surface area contributed by atoms with Gasteiger partial charge in [0, 0.05) is 36.9 Å². The molecular formula is C46H29NOS. The van der Waals surface area contributed by atoms with Gasteiger partial charge in [0.05, 0.1) is 11.1 Å². The second kappa shape index (κ2) is 11.2. The van der Waals surface area contributed by atoms with Crippen molar-refractivity contribution in [2.24, 2.45) is 0 Å². The number of benzene rings is 8. The van der Waals surface area contributed by atoms with Crippen molar-refractivity contribution in [1.82, 2.24) is 0 Å². The topological polar surface area (TPSA) is 16.4 Å². The van der Waals surface area contributed by atoms with E-state index in [-0.39, 0.29) is 0 Å². The predicted molar refractivity (Wildman–Crippen MR) is 210 cm³/mol. The maximum atomic E-state index is 6.34. The number of furan rings is 1. The maximum Gasteiger partial charge on any atom is 0.137 e. The number of nitrogens with zero attached hydrogens (tertiary/aromatic N) is 1. The highest BCUT2D eigenvalue weighted by molar-refractivity contribution is 7.26. The Bertz CT molecular complexity index is 2810. The molecule has 0 aliphatic heterocycles. The zero-order valence-corrected chi connectivity index (χ0v) is 27.3. The van der Waals surface area contributed by atoms with E-state index in [1.807, 2.05) is 23.5 Å². The highest BCUT2D eigenvalue weighted by Crippen LogP contribution is 2.45. The van der Waals surface area contributed by atoms with Crippen LogP contribution < -0.4 is 4.90 Å². The summed E-state index contributed by atoms with van der Waals surface area (Å²) in [5.74, 6) is 0. The number of hydrogen-bond donors (Lipinski definition) is 0. The van der Waals surface area contributed by atoms with E-state index in [1.165, 1.54) is 53.2 Å². The Kier molecular flexibility index (Phi) is 6.39. The fraction of sp³-hybridized carbons (Fsp3) is 0. The monoisotopic (exact) mass is 643 g/mol. The van der Waals surface area contributed by atoms with Gasteiger partial charge >= 0.3 is 0 Å². The first kappa shape index (κ1) is 27.9. The van der Waals surface area contributed by atoms with Crippen LogP contribution in [0, 0.1) is 0 Å². The van der Waals surface area contributed by atoms with Crippen molar-refractivity contribution < 1.29 is 4.42 Å². The van der Waals surface area contributed by atoms with Crippen molar-refractivity contribution in [3.05, 3.63) is 176 Å². The molecule has 0 atom stereocenters. The van der Waals surface area contributed by atoms with Gasteiger partial charge in [-0.15, -0.1) is 11.3 Å². The molecule has 0 radical (unpaired) electrons. The molecule has 2 aromatic heterocycles. The van der Waals surface area contributed by atoms with Crippen molar-refractivity contribution in [2.75, 3.05) is 4.90 Å². The lowest BCUT2D eigenvalue weighted by Crippen LogP contribution is -2.10. The summed E-state index contributed by atoms with van der Waals surface area (Å²) in [6.45, 7) is 0. The summed E-state index contributed by atoms with van der Waals surface area (Å²) in [6.07, 6.45) is 0. The molecule has 0 aliphatic rings. The first-order valence-corrected chi connectivity index (χ1v) is 17.4. The van der Waals surface area contributed by atoms with Gasteiger partial charge in [-0.05, 0) is 87.6 Å². The molecule has 230 valence electrons. The van der Waals surface area contributed by atoms with Crippen LogP contribution >= 0.6 is 11.3 Å². The molecule has 8 aromatic carbocycles. The van der Waals surface area contributed by atoms with Gasteiger partial charge in [-0.25, -0.2) is 0 Å². The summed E-state index contributed by atoms with van der Waals surface area (Å²) in [5.41, 5.74) is 9.85. The second-order valence-electron chi connectivity index (χ2n) is 12.5. The number of rotatable bonds is 5. The molecule has 0 aliphatic carbocycles. The summed E-state index contributed by atoms with van der Waals surface area (Å²) in [5, 5.41) is 7.47. The van der Waals surface area contributed by atoms with Gasteiger partial charge in [0.2, 0.25) is 0 Å². The quantitative estimate of drug-likeness (QED) is 0.186. The normalized spacial score (nSPS) is 11.7. The van der Waals surface area contributed by atoms with Crippen molar-refractivity contribution in [2.45, 2.75) is 0 Å². The molecule has 0 saturated carbocycles. The average molecular weight is 644 g/mol. The van der Waals surface area contributed by atoms with Crippen LogP contribution in [0.15, 0.2) is 180 Å². The lowest BCUT2D eigenvalue weighted by molar-refractivity contribution is 0.669. The lowest BCUT2D eigenvalue weighted by Gasteiger charge is -2.26. The van der Waals surface area contributed by atoms with Gasteiger partial charge in [-0.3, -0.25) is 0 Å². The van der Waals surface area contributed by atoms with Gasteiger partial charge in [0.1, 0.15) is 11.2 Å². The SMILES string of the molecule is c1ccc(-c2ccc(N(c3ccc(-c4cccc5c4ccc4sc6ccccc6c45)cc3)c3cccc4oc5ccccc5c34)cc2)cc1. The van der Waals surface area contributed by atoms with Gasteiger partial charge < -0.3 is 9.32 Å². The Morgan fingerprint density at radius 1 is 0.367 bits per heavy atom. The molecular weight excluding hydrogens is 615 g/mol. The Hall–Kier alpha value is -6.16. The molecule has 0 fully saturated rings. The van der Waals surface area contributed by atoms with Crippen LogP contribution in [-0.4, -0.2) is 0 Å². The van der Waals surface area contributed by atoms with E-state index in [0.29, 0.717) is 0 Å². The van der Waals surface area contributed by atoms with Crippen molar-refractivity contribution in [1.29, 1.82) is 0 Å². The van der Waals surface area contributed by atoms with Crippen LogP contribution in [-0.2, 0) is 0 Å². The van der Waals surface area contributed by atoms with E-state index < -0.39 is 0 Å². The molecule has 10 aromatic rings. The van der Waals surface area contributed by atoms with E-state index in [1.54, 1.807) is 0 Å². The highest BCUT2D eigenvalue weighted by atomic mass is 32.1. The summed E-state index contributed by atoms with van der Waals surface area (Å²) in [6, 6.07) is 63.1. The number of thiophene rings is 1. The van der Waals surface area contributed by atoms with Crippen LogP contribution in [0.4, 0.5) is 17.1 Å². The van der Waals surface area contributed by atoms with Gasteiger partial charge in [-0.1, -0.05) is 121 Å². The fourth-order valence-corrected chi connectivity index (χ4v) is 8.55. The number of hydrogen-bond acceptors (Lipinski definition) is 3. The van der Waals surface area contributed by atoms with Crippen LogP contribution in [0.25, 0.3) is 75.1 Å². The minimum Gasteiger partial charge on any atom is -0.456 e. The molecule has 0 bridgehead atoms. The number of para-hydroxylation sites is 1. The molecule has 2 heterocycles. The molecule has 0 unspecified atom stereocenters. The summed E-state index contributed by atoms with van der Waals surface area (Å²) >= 11 is 1.87. The largest absolute Gasteiger partial charge is 0.456 e. The fourth-order valence-electron chi connectivity index (χ4n) is 7.43. The molecule has 0 amide bonds. The predicted octanol–water partition coefficient (Wildman–Crippen LogP) is 13.9. The highest BCUT2D eigenvalue weighted by Gasteiger charge is 2.20. The van der Waals surface area contributed by atoms with Crippen molar-refractivity contribution >= 4 is 81.3 Å². The van der Waals surface area contributed by atoms with E-state index in [2.05, 4.69) is 169 Å². The van der Waals surface area contributed by atoms with Gasteiger partial charge in [-0.2, -0.15) is 0 Å². The Morgan fingerprint density at radius 2 is 1.00 bits per heavy atom. The molecule has 0 N–H and O–H groups in total. The summed E-state index contributed by atoms with van der Waals surface area (Å²) in [4.78, 5) is 2.35. The maximum absolute atomic E-state index is 6.34. The van der Waals surface area contributed by atoms with E-state index in [4.69, 9.17) is 4.42 Å². The standard InChI is InChI=1S/C46H29NOS/c1-2-10-30(11-3-1)31-20-24-33(25-21-31)47(40-16-9-18-42-46(40)38-12-4-6-17-41(38)48-42)34-26-22-32(23-27-34)35-14-8-15-37-36(35)28-29-44-45(37)39-13-5-7-19-43(39)49-44/h1-29H. The van der Waals surface area contributed by atoms with E-state index >= 15 is 0 Å². The van der Waals surface area contributed by atoms with Crippen LogP contribution in [0.2, 0.25) is 0 Å². The van der Waals surface area contributed by atoms with E-state index in [9.17, 15) is 0 Å². The third-order valence-electron chi connectivity index (χ3n) is 9.69. The molecule has 10 rings (SSSR count). The second-order valence-corrected chi connectivity index (χ2v) is 13.6. The number of fused-ring (bicyclic) bond motifs is 8. The summed E-state index contributed by atoms with van der Waals surface area (Å²) < 4.78 is 9.00.